The molecule has 0 spiro atoms. The lowest BCUT2D eigenvalue weighted by molar-refractivity contribution is -0.140. The van der Waals surface area contributed by atoms with Gasteiger partial charge >= 0.3 is 0 Å². The standard InChI is InChI=1S/C21H17BrN2O3/c1-11-2-3-12(9-16(11)22)17-7-6-15(27-17)10-23-24-20(25)18-13-4-5-14(8-13)19(18)21(24)26/h2-7,9-10,13-14,18-19H,8H2,1H3/b23-10-/t13-,14-,18-,19+/m0/s1. The van der Waals surface area contributed by atoms with E-state index in [2.05, 4.69) is 33.2 Å². The van der Waals surface area contributed by atoms with Crippen LogP contribution in [0.25, 0.3) is 11.3 Å². The Bertz CT molecular complexity index is 992. The smallest absolute Gasteiger partial charge is 0.254 e. The van der Waals surface area contributed by atoms with Crippen molar-refractivity contribution in [3.63, 3.8) is 0 Å². The molecule has 27 heavy (non-hydrogen) atoms. The average molecular weight is 425 g/mol. The molecule has 1 aromatic heterocycles. The molecule has 1 aliphatic heterocycles. The van der Waals surface area contributed by atoms with Gasteiger partial charge in [-0.2, -0.15) is 10.1 Å². The number of halogens is 1. The molecule has 1 aromatic carbocycles. The number of amides is 2. The third kappa shape index (κ3) is 2.54. The molecule has 136 valence electrons. The zero-order valence-corrected chi connectivity index (χ0v) is 16.2. The Kier molecular flexibility index (Phi) is 3.72. The van der Waals surface area contributed by atoms with Crippen LogP contribution >= 0.6 is 15.9 Å². The summed E-state index contributed by atoms with van der Waals surface area (Å²) in [5.74, 6) is 0.734. The number of nitrogens with zero attached hydrogens (tertiary/aromatic N) is 2. The van der Waals surface area contributed by atoms with E-state index in [0.717, 1.165) is 27.0 Å². The number of imide groups is 1. The van der Waals surface area contributed by atoms with E-state index in [1.54, 1.807) is 6.07 Å². The molecule has 3 aliphatic rings. The molecule has 2 bridgehead atoms. The van der Waals surface area contributed by atoms with Crippen LogP contribution in [0.15, 0.2) is 56.5 Å². The first kappa shape index (κ1) is 16.7. The van der Waals surface area contributed by atoms with E-state index in [-0.39, 0.29) is 35.5 Å². The first-order valence-corrected chi connectivity index (χ1v) is 9.79. The highest BCUT2D eigenvalue weighted by Crippen LogP contribution is 2.52. The minimum Gasteiger partial charge on any atom is -0.455 e. The number of hydrazone groups is 1. The van der Waals surface area contributed by atoms with E-state index in [0.29, 0.717) is 11.5 Å². The van der Waals surface area contributed by atoms with Crippen LogP contribution in [0.5, 0.6) is 0 Å². The van der Waals surface area contributed by atoms with Gasteiger partial charge in [-0.15, -0.1) is 0 Å². The third-order valence-electron chi connectivity index (χ3n) is 5.83. The van der Waals surface area contributed by atoms with Gasteiger partial charge in [-0.25, -0.2) is 0 Å². The minimum absolute atomic E-state index is 0.187. The maximum atomic E-state index is 12.6. The molecule has 0 N–H and O–H groups in total. The molecule has 2 heterocycles. The first-order valence-electron chi connectivity index (χ1n) is 8.99. The van der Waals surface area contributed by atoms with Crippen molar-refractivity contribution in [2.45, 2.75) is 13.3 Å². The Morgan fingerprint density at radius 1 is 1.11 bits per heavy atom. The molecule has 1 saturated heterocycles. The summed E-state index contributed by atoms with van der Waals surface area (Å²) in [6.45, 7) is 2.02. The third-order valence-corrected chi connectivity index (χ3v) is 6.68. The van der Waals surface area contributed by atoms with E-state index in [1.165, 1.54) is 6.21 Å². The molecule has 2 amide bonds. The number of fused-ring (bicyclic) bond motifs is 5. The molecular weight excluding hydrogens is 408 g/mol. The van der Waals surface area contributed by atoms with Crippen molar-refractivity contribution in [3.8, 4) is 11.3 Å². The van der Waals surface area contributed by atoms with Gasteiger partial charge in [0.15, 0.2) is 0 Å². The highest BCUT2D eigenvalue weighted by molar-refractivity contribution is 9.10. The Balaban J connectivity index is 1.36. The Labute approximate surface area is 164 Å². The number of hydrogen-bond acceptors (Lipinski definition) is 4. The molecule has 0 unspecified atom stereocenters. The lowest BCUT2D eigenvalue weighted by atomic mass is 9.85. The summed E-state index contributed by atoms with van der Waals surface area (Å²) in [6, 6.07) is 9.62. The van der Waals surface area contributed by atoms with E-state index >= 15 is 0 Å². The monoisotopic (exact) mass is 424 g/mol. The topological polar surface area (TPSA) is 62.9 Å². The number of furan rings is 1. The Morgan fingerprint density at radius 3 is 2.48 bits per heavy atom. The summed E-state index contributed by atoms with van der Waals surface area (Å²) >= 11 is 3.52. The molecule has 2 fully saturated rings. The summed E-state index contributed by atoms with van der Waals surface area (Å²) in [5.41, 5.74) is 2.09. The van der Waals surface area contributed by atoms with Gasteiger partial charge in [-0.05, 0) is 48.9 Å². The predicted octanol–water partition coefficient (Wildman–Crippen LogP) is 4.16. The molecule has 5 nitrogen and oxygen atoms in total. The second-order valence-electron chi connectivity index (χ2n) is 7.40. The molecular formula is C21H17BrN2O3. The van der Waals surface area contributed by atoms with E-state index in [1.807, 2.05) is 31.2 Å². The van der Waals surface area contributed by atoms with Crippen LogP contribution in [-0.2, 0) is 9.59 Å². The summed E-state index contributed by atoms with van der Waals surface area (Å²) in [6.07, 6.45) is 6.50. The number of benzene rings is 1. The fourth-order valence-corrected chi connectivity index (χ4v) is 4.82. The van der Waals surface area contributed by atoms with E-state index in [9.17, 15) is 9.59 Å². The maximum absolute atomic E-state index is 12.6. The molecule has 5 rings (SSSR count). The van der Waals surface area contributed by atoms with Crippen molar-refractivity contribution in [3.05, 3.63) is 58.3 Å². The lowest BCUT2D eigenvalue weighted by Gasteiger charge is -2.13. The number of aryl methyl sites for hydroxylation is 1. The van der Waals surface area contributed by atoms with Crippen LogP contribution in [-0.4, -0.2) is 23.0 Å². The van der Waals surface area contributed by atoms with Gasteiger partial charge in [0.05, 0.1) is 18.1 Å². The van der Waals surface area contributed by atoms with Crippen LogP contribution < -0.4 is 0 Å². The summed E-state index contributed by atoms with van der Waals surface area (Å²) in [4.78, 5) is 25.3. The fraction of sp³-hybridized carbons (Fsp3) is 0.286. The number of hydrogen-bond donors (Lipinski definition) is 0. The number of allylic oxidation sites excluding steroid dienone is 2. The first-order chi connectivity index (χ1) is 13.0. The van der Waals surface area contributed by atoms with Crippen molar-refractivity contribution in [2.24, 2.45) is 28.8 Å². The van der Waals surface area contributed by atoms with E-state index in [4.69, 9.17) is 4.42 Å². The highest BCUT2D eigenvalue weighted by atomic mass is 79.9. The molecule has 1 saturated carbocycles. The van der Waals surface area contributed by atoms with Gasteiger partial charge < -0.3 is 4.42 Å². The minimum atomic E-state index is -0.235. The zero-order valence-electron chi connectivity index (χ0n) is 14.6. The van der Waals surface area contributed by atoms with Crippen LogP contribution in [0.1, 0.15) is 17.7 Å². The van der Waals surface area contributed by atoms with Crippen LogP contribution in [0.3, 0.4) is 0 Å². The van der Waals surface area contributed by atoms with Crippen molar-refractivity contribution in [1.82, 2.24) is 5.01 Å². The SMILES string of the molecule is Cc1ccc(-c2ccc(/C=N\N3C(=O)[C@@H]4[C@H](C3=O)[C@H]3C=C[C@H]4C3)o2)cc1Br. The van der Waals surface area contributed by atoms with Gasteiger partial charge in [0.2, 0.25) is 0 Å². The summed E-state index contributed by atoms with van der Waals surface area (Å²) < 4.78 is 6.82. The second kappa shape index (κ2) is 6.02. The number of carbonyl (C=O) groups excluding carboxylic acids is 2. The van der Waals surface area contributed by atoms with Crippen molar-refractivity contribution in [2.75, 3.05) is 0 Å². The predicted molar refractivity (Wildman–Crippen MR) is 104 cm³/mol. The Morgan fingerprint density at radius 2 is 1.81 bits per heavy atom. The molecule has 2 aromatic rings. The fourth-order valence-electron chi connectivity index (χ4n) is 4.44. The zero-order chi connectivity index (χ0) is 18.7. The highest BCUT2D eigenvalue weighted by Gasteiger charge is 2.59. The number of carbonyl (C=O) groups is 2. The molecule has 0 radical (unpaired) electrons. The second-order valence-corrected chi connectivity index (χ2v) is 8.25. The largest absolute Gasteiger partial charge is 0.455 e. The maximum Gasteiger partial charge on any atom is 0.254 e. The van der Waals surface area contributed by atoms with Gasteiger partial charge in [-0.1, -0.05) is 40.2 Å². The quantitative estimate of drug-likeness (QED) is 0.422. The molecule has 4 atom stereocenters. The molecule has 6 heteroatoms. The average Bonchev–Trinajstić information content (AvgIpc) is 3.41. The van der Waals surface area contributed by atoms with Gasteiger partial charge in [0, 0.05) is 10.0 Å². The van der Waals surface area contributed by atoms with Gasteiger partial charge in [0.1, 0.15) is 11.5 Å². The summed E-state index contributed by atoms with van der Waals surface area (Å²) in [5, 5.41) is 5.19. The van der Waals surface area contributed by atoms with Crippen LogP contribution in [0.2, 0.25) is 0 Å². The normalized spacial score (nSPS) is 28.7. The van der Waals surface area contributed by atoms with E-state index < -0.39 is 0 Å². The molecule has 2 aliphatic carbocycles. The lowest BCUT2D eigenvalue weighted by Crippen LogP contribution is -2.28. The van der Waals surface area contributed by atoms with Crippen molar-refractivity contribution in [1.29, 1.82) is 0 Å². The van der Waals surface area contributed by atoms with Crippen molar-refractivity contribution >= 4 is 34.0 Å². The van der Waals surface area contributed by atoms with Crippen LogP contribution in [0.4, 0.5) is 0 Å². The van der Waals surface area contributed by atoms with Crippen molar-refractivity contribution < 1.29 is 14.0 Å². The number of rotatable bonds is 3. The summed E-state index contributed by atoms with van der Waals surface area (Å²) in [7, 11) is 0. The van der Waals surface area contributed by atoms with Crippen LogP contribution in [0, 0.1) is 30.6 Å². The Hall–Kier alpha value is -2.47. The van der Waals surface area contributed by atoms with Gasteiger partial charge in [0.25, 0.3) is 11.8 Å². The van der Waals surface area contributed by atoms with Gasteiger partial charge in [-0.3, -0.25) is 9.59 Å².